The van der Waals surface area contributed by atoms with E-state index < -0.39 is 52.2 Å². The molecule has 34 heavy (non-hydrogen) atoms. The van der Waals surface area contributed by atoms with Crippen molar-refractivity contribution < 1.29 is 52.6 Å². The molecule has 3 aromatic carbocycles. The molecule has 0 amide bonds. The number of methoxy groups -OCH3 is 2. The Morgan fingerprint density at radius 2 is 1.44 bits per heavy atom. The zero-order valence-electron chi connectivity index (χ0n) is 17.4. The van der Waals surface area contributed by atoms with Gasteiger partial charge in [0.15, 0.2) is 40.1 Å². The van der Waals surface area contributed by atoms with Crippen LogP contribution in [0.4, 0.5) is 8.78 Å². The molecule has 174 valence electrons. The highest BCUT2D eigenvalue weighted by Crippen LogP contribution is 2.60. The smallest absolute Gasteiger partial charge is 0.340 e. The number of phenolic OH excluding ortho intramolecular Hbond substituents is 2. The Balaban J connectivity index is 1.98. The van der Waals surface area contributed by atoms with Gasteiger partial charge in [0.1, 0.15) is 0 Å². The van der Waals surface area contributed by atoms with Crippen molar-refractivity contribution in [2.24, 2.45) is 0 Å². The summed E-state index contributed by atoms with van der Waals surface area (Å²) in [7, 11) is 2.31. The summed E-state index contributed by atoms with van der Waals surface area (Å²) in [6.45, 7) is 0. The van der Waals surface area contributed by atoms with Crippen molar-refractivity contribution in [1.82, 2.24) is 0 Å². The molecule has 0 saturated heterocycles. The Hall–Kier alpha value is -4.54. The molecule has 2 heterocycles. The fourth-order valence-corrected chi connectivity index (χ4v) is 4.27. The number of hydrogen-bond donors (Lipinski definition) is 3. The summed E-state index contributed by atoms with van der Waals surface area (Å²) in [5, 5.41) is 29.9. The zero-order valence-corrected chi connectivity index (χ0v) is 17.4. The molecule has 2 aliphatic rings. The van der Waals surface area contributed by atoms with Crippen molar-refractivity contribution in [3.8, 4) is 34.5 Å². The van der Waals surface area contributed by atoms with Gasteiger partial charge < -0.3 is 34.3 Å². The highest BCUT2D eigenvalue weighted by molar-refractivity contribution is 5.99. The summed E-state index contributed by atoms with van der Waals surface area (Å²) in [4.78, 5) is 24.6. The number of carboxylic acid groups (broad SMARTS) is 1. The lowest BCUT2D eigenvalue weighted by molar-refractivity contribution is 0.0216. The van der Waals surface area contributed by atoms with Gasteiger partial charge in [-0.15, -0.1) is 0 Å². The predicted octanol–water partition coefficient (Wildman–Crippen LogP) is 3.66. The highest BCUT2D eigenvalue weighted by Gasteiger charge is 2.56. The largest absolute Gasteiger partial charge is 0.502 e. The average Bonchev–Trinajstić information content (AvgIpc) is 3.11. The molecule has 11 heteroatoms. The van der Waals surface area contributed by atoms with Gasteiger partial charge in [-0.1, -0.05) is 0 Å². The van der Waals surface area contributed by atoms with Crippen LogP contribution in [0, 0.1) is 11.6 Å². The van der Waals surface area contributed by atoms with Crippen LogP contribution >= 0.6 is 0 Å². The number of rotatable bonds is 3. The van der Waals surface area contributed by atoms with E-state index in [0.717, 1.165) is 32.4 Å². The minimum Gasteiger partial charge on any atom is -0.502 e. The highest BCUT2D eigenvalue weighted by atomic mass is 19.1. The maximum atomic E-state index is 15.2. The fourth-order valence-electron chi connectivity index (χ4n) is 4.27. The Kier molecular flexibility index (Phi) is 4.37. The molecule has 0 bridgehead atoms. The molecule has 0 radical (unpaired) electrons. The van der Waals surface area contributed by atoms with Gasteiger partial charge in [0, 0.05) is 5.56 Å². The van der Waals surface area contributed by atoms with Crippen LogP contribution in [0.3, 0.4) is 0 Å². The van der Waals surface area contributed by atoms with Crippen molar-refractivity contribution in [2.45, 2.75) is 5.60 Å². The lowest BCUT2D eigenvalue weighted by atomic mass is 9.76. The molecule has 0 aliphatic carbocycles. The van der Waals surface area contributed by atoms with E-state index in [9.17, 15) is 24.9 Å². The van der Waals surface area contributed by atoms with Crippen molar-refractivity contribution in [2.75, 3.05) is 14.2 Å². The summed E-state index contributed by atoms with van der Waals surface area (Å²) in [5.74, 6) is -8.99. The van der Waals surface area contributed by atoms with E-state index in [-0.39, 0.29) is 39.3 Å². The molecule has 2 aliphatic heterocycles. The minimum atomic E-state index is -2.13. The molecule has 9 nitrogen and oxygen atoms in total. The summed E-state index contributed by atoms with van der Waals surface area (Å²) < 4.78 is 51.6. The maximum Gasteiger partial charge on any atom is 0.340 e. The standard InChI is InChI=1S/C23H14F2O9/c1-31-13-6-11-19(15(24)17(13)26)33-20-12(7-14(32-2)18(27)16(20)25)23(11)10-5-8(21(28)29)3-4-9(10)22(30)34-23/h3-7,26-27H,1-2H3,(H,28,29). The molecule has 0 unspecified atom stereocenters. The number of hydrogen-bond acceptors (Lipinski definition) is 8. The van der Waals surface area contributed by atoms with Crippen LogP contribution in [-0.2, 0) is 10.3 Å². The molecular formula is C23H14F2O9. The van der Waals surface area contributed by atoms with Gasteiger partial charge >= 0.3 is 11.9 Å². The van der Waals surface area contributed by atoms with Gasteiger partial charge in [-0.3, -0.25) is 0 Å². The van der Waals surface area contributed by atoms with E-state index in [4.69, 9.17) is 18.9 Å². The molecule has 1 spiro atoms. The van der Waals surface area contributed by atoms with Crippen LogP contribution < -0.4 is 14.2 Å². The van der Waals surface area contributed by atoms with E-state index in [2.05, 4.69) is 0 Å². The van der Waals surface area contributed by atoms with E-state index in [1.807, 2.05) is 0 Å². The first-order valence-electron chi connectivity index (χ1n) is 9.64. The molecule has 3 aromatic rings. The van der Waals surface area contributed by atoms with Crippen molar-refractivity contribution in [1.29, 1.82) is 0 Å². The number of benzene rings is 3. The van der Waals surface area contributed by atoms with Crippen molar-refractivity contribution >= 4 is 11.9 Å². The minimum absolute atomic E-state index is 0.0533. The number of carboxylic acids is 1. The number of carbonyl (C=O) groups excluding carboxylic acids is 1. The summed E-state index contributed by atoms with van der Waals surface area (Å²) in [6, 6.07) is 5.79. The lowest BCUT2D eigenvalue weighted by Crippen LogP contribution is -2.34. The second kappa shape index (κ2) is 6.98. The average molecular weight is 472 g/mol. The van der Waals surface area contributed by atoms with E-state index in [1.54, 1.807) is 0 Å². The molecule has 0 atom stereocenters. The number of carbonyl (C=O) groups is 2. The zero-order chi connectivity index (χ0) is 24.5. The number of phenols is 2. The first-order chi connectivity index (χ1) is 16.1. The molecule has 3 N–H and O–H groups in total. The van der Waals surface area contributed by atoms with Crippen molar-refractivity contribution in [3.63, 3.8) is 0 Å². The van der Waals surface area contributed by atoms with Crippen LogP contribution in [0.15, 0.2) is 30.3 Å². The third-order valence-electron chi connectivity index (χ3n) is 5.84. The quantitative estimate of drug-likeness (QED) is 0.489. The summed E-state index contributed by atoms with van der Waals surface area (Å²) in [6.07, 6.45) is 0. The van der Waals surface area contributed by atoms with E-state index in [0.29, 0.717) is 0 Å². The van der Waals surface area contributed by atoms with Crippen molar-refractivity contribution in [3.05, 3.63) is 69.8 Å². The number of fused-ring (bicyclic) bond motifs is 6. The van der Waals surface area contributed by atoms with Gasteiger partial charge in [-0.05, 0) is 30.3 Å². The first kappa shape index (κ1) is 21.3. The molecule has 5 rings (SSSR count). The Morgan fingerprint density at radius 3 is 1.91 bits per heavy atom. The van der Waals surface area contributed by atoms with Crippen LogP contribution in [-0.4, -0.2) is 41.5 Å². The molecule has 0 saturated carbocycles. The third-order valence-corrected chi connectivity index (χ3v) is 5.84. The monoisotopic (exact) mass is 472 g/mol. The number of esters is 1. The van der Waals surface area contributed by atoms with Gasteiger partial charge in [-0.2, -0.15) is 8.78 Å². The maximum absolute atomic E-state index is 15.2. The summed E-state index contributed by atoms with van der Waals surface area (Å²) in [5.41, 5.74) is -2.91. The van der Waals surface area contributed by atoms with Gasteiger partial charge in [0.25, 0.3) is 0 Å². The van der Waals surface area contributed by atoms with E-state index in [1.165, 1.54) is 12.1 Å². The predicted molar refractivity (Wildman–Crippen MR) is 108 cm³/mol. The topological polar surface area (TPSA) is 132 Å². The molecule has 0 fully saturated rings. The fraction of sp³-hybridized carbons (Fsp3) is 0.130. The number of aromatic hydroxyl groups is 2. The Bertz CT molecular complexity index is 1370. The third kappa shape index (κ3) is 2.51. The number of halogens is 2. The SMILES string of the molecule is COc1cc2c(c(F)c1O)Oc1c(cc(OC)c(O)c1F)C21OC(=O)c2ccc(C(=O)O)cc21. The second-order valence-electron chi connectivity index (χ2n) is 7.47. The van der Waals surface area contributed by atoms with Crippen LogP contribution in [0.25, 0.3) is 0 Å². The van der Waals surface area contributed by atoms with E-state index >= 15 is 8.78 Å². The molecule has 0 aromatic heterocycles. The first-order valence-corrected chi connectivity index (χ1v) is 9.64. The Morgan fingerprint density at radius 1 is 0.912 bits per heavy atom. The normalized spacial score (nSPS) is 14.5. The Labute approximate surface area is 189 Å². The van der Waals surface area contributed by atoms with Crippen LogP contribution in [0.1, 0.15) is 37.4 Å². The number of ether oxygens (including phenoxy) is 4. The molecular weight excluding hydrogens is 458 g/mol. The van der Waals surface area contributed by atoms with Gasteiger partial charge in [0.05, 0.1) is 36.5 Å². The number of aromatic carboxylic acids is 1. The van der Waals surface area contributed by atoms with Gasteiger partial charge in [0.2, 0.25) is 11.6 Å². The van der Waals surface area contributed by atoms with Crippen LogP contribution in [0.5, 0.6) is 34.5 Å². The van der Waals surface area contributed by atoms with Crippen LogP contribution in [0.2, 0.25) is 0 Å². The summed E-state index contributed by atoms with van der Waals surface area (Å²) >= 11 is 0. The van der Waals surface area contributed by atoms with Gasteiger partial charge in [-0.25, -0.2) is 9.59 Å². The lowest BCUT2D eigenvalue weighted by Gasteiger charge is -2.37. The second-order valence-corrected chi connectivity index (χ2v) is 7.47.